The smallest absolute Gasteiger partial charge is 0.399 e. The van der Waals surface area contributed by atoms with Gasteiger partial charge >= 0.3 is 9.28 Å². The van der Waals surface area contributed by atoms with Gasteiger partial charge in [0.25, 0.3) is 0 Å². The minimum atomic E-state index is -1.33. The molecule has 3 nitrogen and oxygen atoms in total. The van der Waals surface area contributed by atoms with E-state index in [1.165, 1.54) is 0 Å². The summed E-state index contributed by atoms with van der Waals surface area (Å²) in [5, 5.41) is 1.07. The van der Waals surface area contributed by atoms with Crippen LogP contribution < -0.4 is 10.9 Å². The summed E-state index contributed by atoms with van der Waals surface area (Å²) in [7, 11) is -1.33. The largest absolute Gasteiger partial charge is 0.423 e. The average Bonchev–Trinajstić information content (AvgIpc) is 2.17. The first-order valence-corrected chi connectivity index (χ1v) is 6.08. The Bertz CT molecular complexity index is 275. The number of hydrogen-bond acceptors (Lipinski definition) is 3. The maximum absolute atomic E-state index is 5.69. The normalized spacial score (nSPS) is 10.8. The van der Waals surface area contributed by atoms with E-state index >= 15 is 0 Å². The Balaban J connectivity index is 2.75. The zero-order valence-electron chi connectivity index (χ0n) is 8.62. The number of nitrogen functional groups attached to an aromatic ring is 1. The third-order valence-electron chi connectivity index (χ3n) is 1.67. The van der Waals surface area contributed by atoms with Gasteiger partial charge < -0.3 is 14.6 Å². The molecule has 1 rings (SSSR count). The SMILES string of the molecule is CCO[Si](OCC)c1cccc(N)c1. The Morgan fingerprint density at radius 1 is 1.21 bits per heavy atom. The lowest BCUT2D eigenvalue weighted by molar-refractivity contribution is 0.225. The van der Waals surface area contributed by atoms with E-state index < -0.39 is 9.28 Å². The molecular weight excluding hydrogens is 194 g/mol. The molecule has 0 aliphatic rings. The molecule has 1 aromatic carbocycles. The first-order chi connectivity index (χ1) is 6.77. The predicted molar refractivity (Wildman–Crippen MR) is 59.5 cm³/mol. The van der Waals surface area contributed by atoms with Crippen LogP contribution in [0.25, 0.3) is 0 Å². The van der Waals surface area contributed by atoms with Crippen LogP contribution in [0.2, 0.25) is 0 Å². The van der Waals surface area contributed by atoms with Crippen molar-refractivity contribution in [2.75, 3.05) is 18.9 Å². The summed E-state index contributed by atoms with van der Waals surface area (Å²) in [6, 6.07) is 7.70. The van der Waals surface area contributed by atoms with Crippen LogP contribution in [-0.4, -0.2) is 22.5 Å². The van der Waals surface area contributed by atoms with Gasteiger partial charge in [-0.2, -0.15) is 0 Å². The number of rotatable bonds is 5. The first-order valence-electron chi connectivity index (χ1n) is 4.76. The van der Waals surface area contributed by atoms with E-state index in [0.717, 1.165) is 10.9 Å². The molecule has 0 amide bonds. The van der Waals surface area contributed by atoms with Crippen LogP contribution in [0.3, 0.4) is 0 Å². The van der Waals surface area contributed by atoms with E-state index in [1.807, 2.05) is 38.1 Å². The molecule has 0 heterocycles. The van der Waals surface area contributed by atoms with Gasteiger partial charge in [-0.05, 0) is 31.2 Å². The van der Waals surface area contributed by atoms with Crippen molar-refractivity contribution in [3.63, 3.8) is 0 Å². The number of hydrogen-bond donors (Lipinski definition) is 1. The van der Waals surface area contributed by atoms with Crippen LogP contribution in [0.4, 0.5) is 5.69 Å². The molecule has 0 bridgehead atoms. The highest BCUT2D eigenvalue weighted by Gasteiger charge is 2.17. The maximum atomic E-state index is 5.69. The molecule has 77 valence electrons. The minimum Gasteiger partial charge on any atom is -0.399 e. The minimum absolute atomic E-state index is 0.670. The van der Waals surface area contributed by atoms with Crippen LogP contribution in [0.15, 0.2) is 24.3 Å². The molecule has 1 radical (unpaired) electrons. The summed E-state index contributed by atoms with van der Waals surface area (Å²) in [4.78, 5) is 0. The van der Waals surface area contributed by atoms with Gasteiger partial charge in [0.15, 0.2) is 0 Å². The second-order valence-corrected chi connectivity index (χ2v) is 4.51. The fourth-order valence-corrected chi connectivity index (χ4v) is 2.59. The highest BCUT2D eigenvalue weighted by molar-refractivity contribution is 6.61. The van der Waals surface area contributed by atoms with Gasteiger partial charge in [-0.25, -0.2) is 0 Å². The molecule has 0 atom stereocenters. The van der Waals surface area contributed by atoms with E-state index in [9.17, 15) is 0 Å². The number of anilines is 1. The standard InChI is InChI=1S/C10H16NO2Si/c1-3-12-14(13-4-2)10-7-5-6-9(11)8-10/h5-8H,3-4,11H2,1-2H3. The molecule has 14 heavy (non-hydrogen) atoms. The Morgan fingerprint density at radius 3 is 2.36 bits per heavy atom. The molecule has 0 unspecified atom stereocenters. The van der Waals surface area contributed by atoms with Crippen molar-refractivity contribution in [1.29, 1.82) is 0 Å². The Hall–Kier alpha value is -0.843. The van der Waals surface area contributed by atoms with Crippen LogP contribution in [0.1, 0.15) is 13.8 Å². The van der Waals surface area contributed by atoms with Crippen molar-refractivity contribution < 1.29 is 8.85 Å². The van der Waals surface area contributed by atoms with Crippen molar-refractivity contribution in [2.24, 2.45) is 0 Å². The quantitative estimate of drug-likeness (QED) is 0.583. The molecule has 0 aliphatic heterocycles. The fourth-order valence-electron chi connectivity index (χ4n) is 1.14. The fraction of sp³-hybridized carbons (Fsp3) is 0.400. The molecule has 0 aromatic heterocycles. The molecule has 0 saturated heterocycles. The van der Waals surface area contributed by atoms with Crippen LogP contribution in [0.5, 0.6) is 0 Å². The summed E-state index contributed by atoms with van der Waals surface area (Å²) in [5.41, 5.74) is 6.45. The van der Waals surface area contributed by atoms with Crippen molar-refractivity contribution in [1.82, 2.24) is 0 Å². The summed E-state index contributed by atoms with van der Waals surface area (Å²) in [6.45, 7) is 5.28. The Kier molecular flexibility index (Phi) is 4.65. The third kappa shape index (κ3) is 3.14. The van der Waals surface area contributed by atoms with E-state index in [4.69, 9.17) is 14.6 Å². The monoisotopic (exact) mass is 210 g/mol. The van der Waals surface area contributed by atoms with Gasteiger partial charge in [0.05, 0.1) is 0 Å². The lowest BCUT2D eigenvalue weighted by Gasteiger charge is -2.13. The summed E-state index contributed by atoms with van der Waals surface area (Å²) in [5.74, 6) is 0. The molecule has 0 aliphatic carbocycles. The maximum Gasteiger partial charge on any atom is 0.423 e. The molecule has 0 spiro atoms. The molecule has 0 saturated carbocycles. The molecular formula is C10H16NO2Si. The van der Waals surface area contributed by atoms with E-state index in [-0.39, 0.29) is 0 Å². The van der Waals surface area contributed by atoms with Crippen LogP contribution >= 0.6 is 0 Å². The highest BCUT2D eigenvalue weighted by Crippen LogP contribution is 2.00. The van der Waals surface area contributed by atoms with Gasteiger partial charge in [-0.15, -0.1) is 0 Å². The van der Waals surface area contributed by atoms with Gasteiger partial charge in [0.1, 0.15) is 0 Å². The highest BCUT2D eigenvalue weighted by atomic mass is 28.3. The Morgan fingerprint density at radius 2 is 1.86 bits per heavy atom. The summed E-state index contributed by atoms with van der Waals surface area (Å²) >= 11 is 0. The predicted octanol–water partition coefficient (Wildman–Crippen LogP) is 1.04. The van der Waals surface area contributed by atoms with E-state index in [2.05, 4.69) is 0 Å². The van der Waals surface area contributed by atoms with Crippen molar-refractivity contribution >= 4 is 20.2 Å². The average molecular weight is 210 g/mol. The topological polar surface area (TPSA) is 44.5 Å². The lowest BCUT2D eigenvalue weighted by Crippen LogP contribution is -2.37. The van der Waals surface area contributed by atoms with Crippen LogP contribution in [-0.2, 0) is 8.85 Å². The van der Waals surface area contributed by atoms with Gasteiger partial charge in [-0.1, -0.05) is 12.1 Å². The van der Waals surface area contributed by atoms with Gasteiger partial charge in [0.2, 0.25) is 0 Å². The molecule has 4 heteroatoms. The number of benzene rings is 1. The molecule has 1 aromatic rings. The molecule has 0 fully saturated rings. The summed E-state index contributed by atoms with van der Waals surface area (Å²) in [6.07, 6.45) is 0. The van der Waals surface area contributed by atoms with Crippen molar-refractivity contribution in [3.8, 4) is 0 Å². The summed E-state index contributed by atoms with van der Waals surface area (Å²) < 4.78 is 11.1. The number of nitrogens with two attached hydrogens (primary N) is 1. The first kappa shape index (κ1) is 11.2. The van der Waals surface area contributed by atoms with E-state index in [0.29, 0.717) is 13.2 Å². The van der Waals surface area contributed by atoms with Gasteiger partial charge in [-0.3, -0.25) is 0 Å². The molecule has 2 N–H and O–H groups in total. The second kappa shape index (κ2) is 5.80. The lowest BCUT2D eigenvalue weighted by atomic mass is 10.3. The second-order valence-electron chi connectivity index (χ2n) is 2.78. The zero-order valence-corrected chi connectivity index (χ0v) is 9.62. The Labute approximate surface area is 86.7 Å². The zero-order chi connectivity index (χ0) is 10.4. The third-order valence-corrected chi connectivity index (χ3v) is 3.56. The van der Waals surface area contributed by atoms with Gasteiger partial charge in [0, 0.05) is 18.9 Å². The van der Waals surface area contributed by atoms with Crippen molar-refractivity contribution in [2.45, 2.75) is 13.8 Å². The van der Waals surface area contributed by atoms with E-state index in [1.54, 1.807) is 0 Å². The van der Waals surface area contributed by atoms with Crippen LogP contribution in [0, 0.1) is 0 Å². The van der Waals surface area contributed by atoms with Crippen molar-refractivity contribution in [3.05, 3.63) is 24.3 Å².